The van der Waals surface area contributed by atoms with Crippen LogP contribution in [0.1, 0.15) is 12.5 Å². The van der Waals surface area contributed by atoms with Crippen LogP contribution in [0.5, 0.6) is 0 Å². The molecule has 0 aliphatic heterocycles. The molecule has 0 radical (unpaired) electrons. The van der Waals surface area contributed by atoms with Crippen LogP contribution >= 0.6 is 11.8 Å². The molecule has 4 rings (SSSR count). The lowest BCUT2D eigenvalue weighted by Gasteiger charge is -2.05. The number of nitrogens with one attached hydrogen (secondary N) is 1. The highest BCUT2D eigenvalue weighted by Crippen LogP contribution is 2.27. The molecule has 2 aromatic carbocycles. The molecule has 0 fully saturated rings. The highest BCUT2D eigenvalue weighted by Gasteiger charge is 2.14. The zero-order valence-corrected chi connectivity index (χ0v) is 15.9. The third-order valence-corrected chi connectivity index (χ3v) is 5.14. The van der Waals surface area contributed by atoms with Gasteiger partial charge in [-0.15, -0.1) is 10.2 Å². The minimum atomic E-state index is -0.172. The Morgan fingerprint density at radius 2 is 1.96 bits per heavy atom. The Labute approximate surface area is 165 Å². The van der Waals surface area contributed by atoms with Crippen molar-refractivity contribution in [3.8, 4) is 6.07 Å². The van der Waals surface area contributed by atoms with E-state index in [1.807, 2.05) is 30.3 Å². The molecular formula is C20H16N6OS. The third kappa shape index (κ3) is 3.40. The Hall–Kier alpha value is -3.44. The Balaban J connectivity index is 1.51. The molecule has 8 heteroatoms. The first kappa shape index (κ1) is 17.9. The van der Waals surface area contributed by atoms with Crippen molar-refractivity contribution in [2.45, 2.75) is 18.6 Å². The Kier molecular flexibility index (Phi) is 4.91. The van der Waals surface area contributed by atoms with Crippen LogP contribution in [0, 0.1) is 11.3 Å². The molecule has 2 heterocycles. The van der Waals surface area contributed by atoms with Crippen LogP contribution in [0.3, 0.4) is 0 Å². The van der Waals surface area contributed by atoms with E-state index in [2.05, 4.69) is 32.0 Å². The zero-order chi connectivity index (χ0) is 19.5. The monoisotopic (exact) mass is 388 g/mol. The molecule has 28 heavy (non-hydrogen) atoms. The number of hydrogen-bond acceptors (Lipinski definition) is 6. The van der Waals surface area contributed by atoms with Gasteiger partial charge in [-0.05, 0) is 37.3 Å². The van der Waals surface area contributed by atoms with Gasteiger partial charge in [0.2, 0.25) is 11.1 Å². The molecule has 0 saturated carbocycles. The SMILES string of the molecule is CCn1c2ccccc2c2nnc(SCC(=O)Nc3ccc(C#N)cc3)nc21. The van der Waals surface area contributed by atoms with Crippen LogP contribution in [-0.2, 0) is 11.3 Å². The zero-order valence-electron chi connectivity index (χ0n) is 15.1. The molecule has 4 aromatic rings. The van der Waals surface area contributed by atoms with Gasteiger partial charge in [0.25, 0.3) is 0 Å². The van der Waals surface area contributed by atoms with Crippen LogP contribution < -0.4 is 5.32 Å². The van der Waals surface area contributed by atoms with E-state index >= 15 is 0 Å². The maximum atomic E-state index is 12.2. The van der Waals surface area contributed by atoms with Crippen LogP contribution in [0.15, 0.2) is 53.7 Å². The average Bonchev–Trinajstić information content (AvgIpc) is 3.05. The number of anilines is 1. The van der Waals surface area contributed by atoms with Crippen molar-refractivity contribution in [1.29, 1.82) is 5.26 Å². The number of thioether (sulfide) groups is 1. The van der Waals surface area contributed by atoms with E-state index in [-0.39, 0.29) is 11.7 Å². The van der Waals surface area contributed by atoms with Crippen molar-refractivity contribution in [1.82, 2.24) is 19.7 Å². The van der Waals surface area contributed by atoms with Gasteiger partial charge in [0.1, 0.15) is 5.52 Å². The summed E-state index contributed by atoms with van der Waals surface area (Å²) in [5.41, 5.74) is 3.80. The maximum Gasteiger partial charge on any atom is 0.234 e. The number of carbonyl (C=O) groups is 1. The summed E-state index contributed by atoms with van der Waals surface area (Å²) >= 11 is 1.24. The summed E-state index contributed by atoms with van der Waals surface area (Å²) in [7, 11) is 0. The highest BCUT2D eigenvalue weighted by molar-refractivity contribution is 7.99. The number of fused-ring (bicyclic) bond motifs is 3. The van der Waals surface area contributed by atoms with Crippen LogP contribution in [0.25, 0.3) is 22.1 Å². The minimum Gasteiger partial charge on any atom is -0.325 e. The van der Waals surface area contributed by atoms with Crippen LogP contribution in [-0.4, -0.2) is 31.4 Å². The van der Waals surface area contributed by atoms with Gasteiger partial charge < -0.3 is 9.88 Å². The van der Waals surface area contributed by atoms with E-state index in [0.29, 0.717) is 16.4 Å². The summed E-state index contributed by atoms with van der Waals surface area (Å²) in [6, 6.07) is 16.8. The van der Waals surface area contributed by atoms with Gasteiger partial charge in [0.15, 0.2) is 5.65 Å². The number of amides is 1. The van der Waals surface area contributed by atoms with E-state index in [0.717, 1.165) is 28.6 Å². The van der Waals surface area contributed by atoms with E-state index in [4.69, 9.17) is 5.26 Å². The number of aryl methyl sites for hydroxylation is 1. The van der Waals surface area contributed by atoms with Crippen molar-refractivity contribution in [3.63, 3.8) is 0 Å². The molecule has 0 unspecified atom stereocenters. The molecule has 0 aliphatic rings. The Morgan fingerprint density at radius 3 is 2.71 bits per heavy atom. The van der Waals surface area contributed by atoms with Gasteiger partial charge in [-0.3, -0.25) is 4.79 Å². The summed E-state index contributed by atoms with van der Waals surface area (Å²) in [4.78, 5) is 16.8. The van der Waals surface area contributed by atoms with Gasteiger partial charge >= 0.3 is 0 Å². The van der Waals surface area contributed by atoms with Gasteiger partial charge in [-0.25, -0.2) is 4.98 Å². The lowest BCUT2D eigenvalue weighted by atomic mass is 10.2. The van der Waals surface area contributed by atoms with Crippen molar-refractivity contribution >= 4 is 45.4 Å². The number of nitriles is 1. The predicted octanol–water partition coefficient (Wildman–Crippen LogP) is 3.60. The number of aromatic nitrogens is 4. The fourth-order valence-electron chi connectivity index (χ4n) is 3.03. The number of rotatable bonds is 5. The first-order valence-corrected chi connectivity index (χ1v) is 9.72. The minimum absolute atomic E-state index is 0.166. The highest BCUT2D eigenvalue weighted by atomic mass is 32.2. The molecule has 0 aliphatic carbocycles. The van der Waals surface area contributed by atoms with Crippen LogP contribution in [0.2, 0.25) is 0 Å². The lowest BCUT2D eigenvalue weighted by molar-refractivity contribution is -0.113. The fourth-order valence-corrected chi connectivity index (χ4v) is 3.61. The Morgan fingerprint density at radius 1 is 1.18 bits per heavy atom. The van der Waals surface area contributed by atoms with Gasteiger partial charge in [0.05, 0.1) is 22.9 Å². The molecule has 7 nitrogen and oxygen atoms in total. The molecule has 2 aromatic heterocycles. The van der Waals surface area contributed by atoms with Crippen molar-refractivity contribution in [3.05, 3.63) is 54.1 Å². The van der Waals surface area contributed by atoms with E-state index in [1.54, 1.807) is 24.3 Å². The predicted molar refractivity (Wildman–Crippen MR) is 109 cm³/mol. The summed E-state index contributed by atoms with van der Waals surface area (Å²) < 4.78 is 2.10. The van der Waals surface area contributed by atoms with Crippen molar-refractivity contribution in [2.24, 2.45) is 0 Å². The molecule has 1 N–H and O–H groups in total. The molecule has 0 bridgehead atoms. The average molecular weight is 388 g/mol. The molecule has 1 amide bonds. The molecular weight excluding hydrogens is 372 g/mol. The topological polar surface area (TPSA) is 96.5 Å². The fraction of sp³-hybridized carbons (Fsp3) is 0.150. The number of benzene rings is 2. The van der Waals surface area contributed by atoms with Gasteiger partial charge in [0, 0.05) is 17.6 Å². The number of hydrogen-bond donors (Lipinski definition) is 1. The quantitative estimate of drug-likeness (QED) is 0.525. The van der Waals surface area contributed by atoms with Gasteiger partial charge in [-0.2, -0.15) is 5.26 Å². The summed E-state index contributed by atoms with van der Waals surface area (Å²) in [6.45, 7) is 2.83. The second kappa shape index (κ2) is 7.66. The van der Waals surface area contributed by atoms with E-state index < -0.39 is 0 Å². The third-order valence-electron chi connectivity index (χ3n) is 4.30. The van der Waals surface area contributed by atoms with E-state index in [1.165, 1.54) is 11.8 Å². The lowest BCUT2D eigenvalue weighted by Crippen LogP contribution is -2.14. The summed E-state index contributed by atoms with van der Waals surface area (Å²) in [6.07, 6.45) is 0. The molecule has 0 spiro atoms. The largest absolute Gasteiger partial charge is 0.325 e. The Bertz CT molecular complexity index is 1210. The molecule has 0 atom stereocenters. The maximum absolute atomic E-state index is 12.2. The van der Waals surface area contributed by atoms with Crippen molar-refractivity contribution < 1.29 is 4.79 Å². The van der Waals surface area contributed by atoms with Gasteiger partial charge in [-0.1, -0.05) is 30.0 Å². The molecule has 0 saturated heterocycles. The first-order chi connectivity index (χ1) is 13.7. The number of carbonyl (C=O) groups excluding carboxylic acids is 1. The number of nitrogens with zero attached hydrogens (tertiary/aromatic N) is 5. The first-order valence-electron chi connectivity index (χ1n) is 8.74. The normalized spacial score (nSPS) is 10.9. The molecule has 138 valence electrons. The summed E-state index contributed by atoms with van der Waals surface area (Å²) in [5, 5.41) is 21.6. The van der Waals surface area contributed by atoms with E-state index in [9.17, 15) is 4.79 Å². The second-order valence-corrected chi connectivity index (χ2v) is 7.00. The number of para-hydroxylation sites is 1. The summed E-state index contributed by atoms with van der Waals surface area (Å²) in [5.74, 6) is -0.00560. The van der Waals surface area contributed by atoms with Crippen molar-refractivity contribution in [2.75, 3.05) is 11.1 Å². The standard InChI is InChI=1S/C20H16N6OS/c1-2-26-16-6-4-3-5-15(16)18-19(26)23-20(25-24-18)28-12-17(27)22-14-9-7-13(11-21)8-10-14/h3-10H,2,12H2,1H3,(H,22,27). The second-order valence-electron chi connectivity index (χ2n) is 6.05. The smallest absolute Gasteiger partial charge is 0.234 e. The van der Waals surface area contributed by atoms with Crippen LogP contribution in [0.4, 0.5) is 5.69 Å².